The van der Waals surface area contributed by atoms with E-state index in [0.29, 0.717) is 10.6 Å². The predicted octanol–water partition coefficient (Wildman–Crippen LogP) is 4.70. The quantitative estimate of drug-likeness (QED) is 0.738. The lowest BCUT2D eigenvalue weighted by molar-refractivity contribution is 0.0598. The van der Waals surface area contributed by atoms with Gasteiger partial charge in [0.15, 0.2) is 0 Å². The Hall–Kier alpha value is -2.24. The van der Waals surface area contributed by atoms with E-state index in [1.807, 2.05) is 6.07 Å². The van der Waals surface area contributed by atoms with E-state index in [-0.39, 0.29) is 11.5 Å². The molecule has 0 radical (unpaired) electrons. The van der Waals surface area contributed by atoms with Crippen molar-refractivity contribution >= 4 is 28.9 Å². The van der Waals surface area contributed by atoms with Crippen LogP contribution in [0.15, 0.2) is 36.4 Å². The van der Waals surface area contributed by atoms with Gasteiger partial charge in [-0.2, -0.15) is 0 Å². The van der Waals surface area contributed by atoms with Crippen LogP contribution in [0.3, 0.4) is 0 Å². The van der Waals surface area contributed by atoms with Gasteiger partial charge < -0.3 is 19.7 Å². The number of fused-ring (bicyclic) bond motifs is 1. The van der Waals surface area contributed by atoms with E-state index in [9.17, 15) is 4.79 Å². The first kappa shape index (κ1) is 20.0. The van der Waals surface area contributed by atoms with Crippen molar-refractivity contribution in [3.05, 3.63) is 58.1 Å². The van der Waals surface area contributed by atoms with Crippen molar-refractivity contribution in [2.24, 2.45) is 5.41 Å². The lowest BCUT2D eigenvalue weighted by atomic mass is 9.72. The molecule has 1 N–H and O–H groups in total. The summed E-state index contributed by atoms with van der Waals surface area (Å²) >= 11 is 6.34. The SMILES string of the molecule is COC(=O)c1c(Cl)ccc2c1CC(C)(C)C(c1cccc(N3CCOCC3)c1)N2. The molecule has 2 aliphatic rings. The minimum absolute atomic E-state index is 0.114. The number of nitrogens with zero attached hydrogens (tertiary/aromatic N) is 1. The van der Waals surface area contributed by atoms with Crippen molar-refractivity contribution in [3.63, 3.8) is 0 Å². The first-order chi connectivity index (χ1) is 13.9. The Morgan fingerprint density at radius 3 is 2.72 bits per heavy atom. The largest absolute Gasteiger partial charge is 0.465 e. The van der Waals surface area contributed by atoms with Crippen LogP contribution in [0.4, 0.5) is 11.4 Å². The zero-order valence-corrected chi connectivity index (χ0v) is 17.9. The van der Waals surface area contributed by atoms with E-state index in [1.54, 1.807) is 6.07 Å². The van der Waals surface area contributed by atoms with E-state index in [0.717, 1.165) is 44.0 Å². The summed E-state index contributed by atoms with van der Waals surface area (Å²) in [7, 11) is 1.39. The highest BCUT2D eigenvalue weighted by molar-refractivity contribution is 6.34. The summed E-state index contributed by atoms with van der Waals surface area (Å²) in [6.45, 7) is 7.79. The van der Waals surface area contributed by atoms with Crippen molar-refractivity contribution in [3.8, 4) is 0 Å². The van der Waals surface area contributed by atoms with E-state index in [4.69, 9.17) is 21.1 Å². The Balaban J connectivity index is 1.70. The Bertz CT molecular complexity index is 922. The van der Waals surface area contributed by atoms with E-state index in [2.05, 4.69) is 48.3 Å². The highest BCUT2D eigenvalue weighted by Gasteiger charge is 2.38. The van der Waals surface area contributed by atoms with E-state index < -0.39 is 5.97 Å². The van der Waals surface area contributed by atoms with Crippen molar-refractivity contribution in [1.29, 1.82) is 0 Å². The number of carbonyl (C=O) groups excluding carboxylic acids is 1. The summed E-state index contributed by atoms with van der Waals surface area (Å²) in [6.07, 6.45) is 0.729. The molecule has 0 aromatic heterocycles. The first-order valence-electron chi connectivity index (χ1n) is 9.99. The van der Waals surface area contributed by atoms with Crippen LogP contribution in [0, 0.1) is 5.41 Å². The second-order valence-electron chi connectivity index (χ2n) is 8.38. The maximum atomic E-state index is 12.3. The van der Waals surface area contributed by atoms with E-state index in [1.165, 1.54) is 18.4 Å². The van der Waals surface area contributed by atoms with Crippen LogP contribution in [-0.4, -0.2) is 39.4 Å². The van der Waals surface area contributed by atoms with Gasteiger partial charge in [0.25, 0.3) is 0 Å². The molecular weight excluding hydrogens is 388 g/mol. The zero-order valence-electron chi connectivity index (χ0n) is 17.1. The molecule has 0 amide bonds. The third-order valence-electron chi connectivity index (χ3n) is 5.95. The molecule has 1 unspecified atom stereocenters. The molecule has 1 saturated heterocycles. The summed E-state index contributed by atoms with van der Waals surface area (Å²) in [5.74, 6) is -0.391. The number of anilines is 2. The molecule has 5 nitrogen and oxygen atoms in total. The second-order valence-corrected chi connectivity index (χ2v) is 8.78. The van der Waals surface area contributed by atoms with Crippen LogP contribution in [0.5, 0.6) is 0 Å². The number of benzene rings is 2. The average molecular weight is 415 g/mol. The Labute approximate surface area is 176 Å². The third-order valence-corrected chi connectivity index (χ3v) is 6.26. The lowest BCUT2D eigenvalue weighted by Crippen LogP contribution is -2.37. The highest BCUT2D eigenvalue weighted by Crippen LogP contribution is 2.47. The topological polar surface area (TPSA) is 50.8 Å². The van der Waals surface area contributed by atoms with Gasteiger partial charge in [-0.3, -0.25) is 0 Å². The number of esters is 1. The van der Waals surface area contributed by atoms with Gasteiger partial charge in [0.2, 0.25) is 0 Å². The number of hydrogen-bond donors (Lipinski definition) is 1. The molecular formula is C23H27ClN2O3. The standard InChI is InChI=1S/C23H27ClN2O3/c1-23(2)14-17-19(8-7-18(24)20(17)22(27)28-3)25-21(23)15-5-4-6-16(13-15)26-9-11-29-12-10-26/h4-8,13,21,25H,9-12,14H2,1-3H3. The molecule has 1 fully saturated rings. The molecule has 0 aliphatic carbocycles. The molecule has 6 heteroatoms. The number of rotatable bonds is 3. The molecule has 0 spiro atoms. The smallest absolute Gasteiger partial charge is 0.339 e. The zero-order chi connectivity index (χ0) is 20.6. The molecule has 2 aromatic rings. The summed E-state index contributed by atoms with van der Waals surface area (Å²) in [4.78, 5) is 14.7. The molecule has 154 valence electrons. The number of carbonyl (C=O) groups is 1. The van der Waals surface area contributed by atoms with Crippen LogP contribution in [0.25, 0.3) is 0 Å². The third kappa shape index (κ3) is 3.81. The van der Waals surface area contributed by atoms with Gasteiger partial charge >= 0.3 is 5.97 Å². The van der Waals surface area contributed by atoms with Crippen LogP contribution in [0.2, 0.25) is 5.02 Å². The molecule has 0 saturated carbocycles. The number of halogens is 1. The Morgan fingerprint density at radius 1 is 1.24 bits per heavy atom. The van der Waals surface area contributed by atoms with Crippen LogP contribution < -0.4 is 10.2 Å². The van der Waals surface area contributed by atoms with Crippen LogP contribution >= 0.6 is 11.6 Å². The maximum absolute atomic E-state index is 12.3. The molecule has 1 atom stereocenters. The summed E-state index contributed by atoms with van der Waals surface area (Å²) in [5, 5.41) is 4.10. The molecule has 2 heterocycles. The lowest BCUT2D eigenvalue weighted by Gasteiger charge is -2.42. The summed E-state index contributed by atoms with van der Waals surface area (Å²) in [5.41, 5.74) is 4.67. The number of hydrogen-bond acceptors (Lipinski definition) is 5. The van der Waals surface area contributed by atoms with Gasteiger partial charge in [0, 0.05) is 24.5 Å². The highest BCUT2D eigenvalue weighted by atomic mass is 35.5. The van der Waals surface area contributed by atoms with Gasteiger partial charge in [-0.15, -0.1) is 0 Å². The van der Waals surface area contributed by atoms with Gasteiger partial charge in [-0.25, -0.2) is 4.79 Å². The van der Waals surface area contributed by atoms with E-state index >= 15 is 0 Å². The Kier molecular flexibility index (Phi) is 5.45. The van der Waals surface area contributed by atoms with Crippen molar-refractivity contribution < 1.29 is 14.3 Å². The monoisotopic (exact) mass is 414 g/mol. The number of methoxy groups -OCH3 is 1. The van der Waals surface area contributed by atoms with Gasteiger partial charge in [-0.1, -0.05) is 37.6 Å². The fraction of sp³-hybridized carbons (Fsp3) is 0.435. The van der Waals surface area contributed by atoms with Crippen LogP contribution in [-0.2, 0) is 15.9 Å². The molecule has 2 aliphatic heterocycles. The number of morpholine rings is 1. The number of ether oxygens (including phenoxy) is 2. The molecule has 2 aromatic carbocycles. The Morgan fingerprint density at radius 2 is 2.00 bits per heavy atom. The summed E-state index contributed by atoms with van der Waals surface area (Å²) in [6, 6.07) is 12.6. The summed E-state index contributed by atoms with van der Waals surface area (Å²) < 4.78 is 10.5. The molecule has 4 rings (SSSR count). The normalized spacial score (nSPS) is 20.6. The second kappa shape index (κ2) is 7.88. The first-order valence-corrected chi connectivity index (χ1v) is 10.4. The number of nitrogens with one attached hydrogen (secondary N) is 1. The minimum atomic E-state index is -0.391. The average Bonchev–Trinajstić information content (AvgIpc) is 2.73. The fourth-order valence-corrected chi connectivity index (χ4v) is 4.68. The predicted molar refractivity (Wildman–Crippen MR) is 116 cm³/mol. The van der Waals surface area contributed by atoms with Crippen molar-refractivity contribution in [1.82, 2.24) is 0 Å². The molecule has 29 heavy (non-hydrogen) atoms. The maximum Gasteiger partial charge on any atom is 0.339 e. The fourth-order valence-electron chi connectivity index (χ4n) is 4.43. The van der Waals surface area contributed by atoms with Crippen molar-refractivity contribution in [2.75, 3.05) is 43.6 Å². The molecule has 0 bridgehead atoms. The van der Waals surface area contributed by atoms with Gasteiger partial charge in [0.05, 0.1) is 37.0 Å². The van der Waals surface area contributed by atoms with Gasteiger partial charge in [0.1, 0.15) is 0 Å². The minimum Gasteiger partial charge on any atom is -0.465 e. The van der Waals surface area contributed by atoms with Crippen molar-refractivity contribution in [2.45, 2.75) is 26.3 Å². The van der Waals surface area contributed by atoms with Crippen LogP contribution in [0.1, 0.15) is 41.4 Å². The van der Waals surface area contributed by atoms with Gasteiger partial charge in [-0.05, 0) is 47.2 Å².